The van der Waals surface area contributed by atoms with Crippen molar-refractivity contribution in [1.29, 1.82) is 0 Å². The van der Waals surface area contributed by atoms with Crippen molar-refractivity contribution in [1.82, 2.24) is 0 Å². The maximum absolute atomic E-state index is 12.4. The number of carbonyl (C=O) groups excluding carboxylic acids is 1. The third-order valence-electron chi connectivity index (χ3n) is 2.54. The Bertz CT molecular complexity index is 644. The van der Waals surface area contributed by atoms with Crippen molar-refractivity contribution in [3.8, 4) is 0 Å². The number of hydrogen-bond acceptors (Lipinski definition) is 3. The topological polar surface area (TPSA) is 72.2 Å². The fourth-order valence-electron chi connectivity index (χ4n) is 1.60. The molecule has 2 aromatic carbocycles. The van der Waals surface area contributed by atoms with Crippen LogP contribution in [0.3, 0.4) is 0 Å². The number of halogens is 1. The summed E-state index contributed by atoms with van der Waals surface area (Å²) in [5, 5.41) is 3.22. The summed E-state index contributed by atoms with van der Waals surface area (Å²) in [5.74, 6) is -0.292. The Balaban J connectivity index is 2.24. The Morgan fingerprint density at radius 2 is 1.85 bits per heavy atom. The molecular weight excluding hydrogens is 296 g/mol. The molecule has 0 aliphatic rings. The predicted octanol–water partition coefficient (Wildman–Crippen LogP) is 2.40. The van der Waals surface area contributed by atoms with Crippen molar-refractivity contribution >= 4 is 34.0 Å². The summed E-state index contributed by atoms with van der Waals surface area (Å²) >= 11 is 5.80. The molecule has 4 nitrogen and oxygen atoms in total. The summed E-state index contributed by atoms with van der Waals surface area (Å²) in [7, 11) is -1.32. The molecule has 1 unspecified atom stereocenters. The lowest BCUT2D eigenvalue weighted by Crippen LogP contribution is -2.21. The average molecular weight is 309 g/mol. The van der Waals surface area contributed by atoms with E-state index >= 15 is 0 Å². The first kappa shape index (κ1) is 14.7. The number of nitrogens with two attached hydrogens (primary N) is 1. The van der Waals surface area contributed by atoms with E-state index < -0.39 is 10.8 Å². The highest BCUT2D eigenvalue weighted by atomic mass is 35.5. The Morgan fingerprint density at radius 1 is 1.15 bits per heavy atom. The van der Waals surface area contributed by atoms with Crippen molar-refractivity contribution in [2.75, 3.05) is 11.9 Å². The second-order valence-electron chi connectivity index (χ2n) is 4.00. The van der Waals surface area contributed by atoms with Gasteiger partial charge in [-0.1, -0.05) is 17.7 Å². The van der Waals surface area contributed by atoms with Crippen LogP contribution in [0, 0.1) is 0 Å². The van der Waals surface area contributed by atoms with Gasteiger partial charge in [-0.15, -0.1) is 0 Å². The Morgan fingerprint density at radius 3 is 2.50 bits per heavy atom. The maximum Gasteiger partial charge on any atom is 0.238 e. The van der Waals surface area contributed by atoms with Crippen LogP contribution in [0.2, 0.25) is 5.02 Å². The molecule has 2 rings (SSSR count). The highest BCUT2D eigenvalue weighted by Crippen LogP contribution is 2.21. The van der Waals surface area contributed by atoms with Gasteiger partial charge >= 0.3 is 0 Å². The first-order valence-corrected chi connectivity index (χ1v) is 7.40. The van der Waals surface area contributed by atoms with Gasteiger partial charge in [-0.2, -0.15) is 0 Å². The highest BCUT2D eigenvalue weighted by molar-refractivity contribution is 7.85. The summed E-state index contributed by atoms with van der Waals surface area (Å²) in [5.41, 5.74) is 5.81. The molecule has 104 valence electrons. The zero-order valence-electron chi connectivity index (χ0n) is 10.5. The molecule has 0 bridgehead atoms. The summed E-state index contributed by atoms with van der Waals surface area (Å²) in [4.78, 5) is 12.5. The zero-order chi connectivity index (χ0) is 14.5. The lowest BCUT2D eigenvalue weighted by atomic mass is 10.3. The van der Waals surface area contributed by atoms with Crippen LogP contribution in [-0.2, 0) is 15.6 Å². The van der Waals surface area contributed by atoms with Crippen LogP contribution in [-0.4, -0.2) is 16.7 Å². The molecular formula is C14H13ClN2O2S. The fraction of sp³-hybridized carbons (Fsp3) is 0.0714. The standard InChI is InChI=1S/C14H13ClN2O2S/c15-10-4-6-12(7-5-10)20(19)13-3-1-2-11(8-13)17-14(18)9-16/h1-8H,9,16H2,(H,17,18). The van der Waals surface area contributed by atoms with Gasteiger partial charge in [0, 0.05) is 20.5 Å². The van der Waals surface area contributed by atoms with Crippen molar-refractivity contribution in [3.63, 3.8) is 0 Å². The van der Waals surface area contributed by atoms with E-state index in [4.69, 9.17) is 17.3 Å². The van der Waals surface area contributed by atoms with Gasteiger partial charge in [-0.25, -0.2) is 4.21 Å². The third kappa shape index (κ3) is 3.66. The average Bonchev–Trinajstić information content (AvgIpc) is 2.47. The molecule has 0 saturated heterocycles. The van der Waals surface area contributed by atoms with E-state index in [1.54, 1.807) is 48.5 Å². The van der Waals surface area contributed by atoms with E-state index in [-0.39, 0.29) is 12.5 Å². The molecule has 0 radical (unpaired) electrons. The Kier molecular flexibility index (Phi) is 4.89. The molecule has 20 heavy (non-hydrogen) atoms. The van der Waals surface area contributed by atoms with Crippen LogP contribution in [0.15, 0.2) is 58.3 Å². The number of nitrogens with one attached hydrogen (secondary N) is 1. The van der Waals surface area contributed by atoms with E-state index in [1.807, 2.05) is 0 Å². The molecule has 0 spiro atoms. The third-order valence-corrected chi connectivity index (χ3v) is 4.18. The molecule has 1 atom stereocenters. The highest BCUT2D eigenvalue weighted by Gasteiger charge is 2.08. The molecule has 0 heterocycles. The van der Waals surface area contributed by atoms with Crippen molar-refractivity contribution in [3.05, 3.63) is 53.6 Å². The normalized spacial score (nSPS) is 11.9. The van der Waals surface area contributed by atoms with Crippen LogP contribution < -0.4 is 11.1 Å². The van der Waals surface area contributed by atoms with E-state index in [2.05, 4.69) is 5.32 Å². The van der Waals surface area contributed by atoms with Crippen LogP contribution in [0.1, 0.15) is 0 Å². The van der Waals surface area contributed by atoms with Crippen LogP contribution in [0.25, 0.3) is 0 Å². The number of anilines is 1. The molecule has 0 aliphatic carbocycles. The minimum Gasteiger partial charge on any atom is -0.325 e. The first-order valence-electron chi connectivity index (χ1n) is 5.87. The molecule has 0 saturated carbocycles. The first-order chi connectivity index (χ1) is 9.60. The van der Waals surface area contributed by atoms with Gasteiger partial charge in [-0.05, 0) is 42.5 Å². The molecule has 0 fully saturated rings. The lowest BCUT2D eigenvalue weighted by Gasteiger charge is -2.07. The van der Waals surface area contributed by atoms with Gasteiger partial charge in [0.05, 0.1) is 17.3 Å². The molecule has 0 aliphatic heterocycles. The van der Waals surface area contributed by atoms with Gasteiger partial charge in [0.25, 0.3) is 0 Å². The molecule has 6 heteroatoms. The molecule has 1 amide bonds. The summed E-state index contributed by atoms with van der Waals surface area (Å²) in [6.45, 7) is -0.0928. The van der Waals surface area contributed by atoms with Gasteiger partial charge in [0.2, 0.25) is 5.91 Å². The number of hydrogen-bond donors (Lipinski definition) is 2. The van der Waals surface area contributed by atoms with E-state index in [1.165, 1.54) is 0 Å². The fourth-order valence-corrected chi connectivity index (χ4v) is 2.81. The number of amides is 1. The van der Waals surface area contributed by atoms with E-state index in [0.29, 0.717) is 20.5 Å². The lowest BCUT2D eigenvalue weighted by molar-refractivity contribution is -0.114. The van der Waals surface area contributed by atoms with Crippen molar-refractivity contribution < 1.29 is 9.00 Å². The predicted molar refractivity (Wildman–Crippen MR) is 80.3 cm³/mol. The van der Waals surface area contributed by atoms with Gasteiger partial charge in [0.15, 0.2) is 0 Å². The quantitative estimate of drug-likeness (QED) is 0.911. The summed E-state index contributed by atoms with van der Waals surface area (Å²) in [6.07, 6.45) is 0. The van der Waals surface area contributed by atoms with Crippen molar-refractivity contribution in [2.24, 2.45) is 5.73 Å². The Hall–Kier alpha value is -1.69. The minimum atomic E-state index is -1.32. The van der Waals surface area contributed by atoms with Gasteiger partial charge in [-0.3, -0.25) is 4.79 Å². The monoisotopic (exact) mass is 308 g/mol. The summed E-state index contributed by atoms with van der Waals surface area (Å²) in [6, 6.07) is 13.7. The SMILES string of the molecule is NCC(=O)Nc1cccc(S(=O)c2ccc(Cl)cc2)c1. The molecule has 3 N–H and O–H groups in total. The number of carbonyl (C=O) groups is 1. The second-order valence-corrected chi connectivity index (χ2v) is 5.92. The van der Waals surface area contributed by atoms with Crippen molar-refractivity contribution in [2.45, 2.75) is 9.79 Å². The largest absolute Gasteiger partial charge is 0.325 e. The van der Waals surface area contributed by atoms with Crippen LogP contribution >= 0.6 is 11.6 Å². The van der Waals surface area contributed by atoms with Gasteiger partial charge < -0.3 is 11.1 Å². The van der Waals surface area contributed by atoms with Crippen LogP contribution in [0.4, 0.5) is 5.69 Å². The maximum atomic E-state index is 12.4. The zero-order valence-corrected chi connectivity index (χ0v) is 12.1. The van der Waals surface area contributed by atoms with E-state index in [0.717, 1.165) is 0 Å². The minimum absolute atomic E-state index is 0.0928. The molecule has 2 aromatic rings. The smallest absolute Gasteiger partial charge is 0.238 e. The van der Waals surface area contributed by atoms with Crippen LogP contribution in [0.5, 0.6) is 0 Å². The Labute approximate surface area is 124 Å². The number of benzene rings is 2. The number of rotatable bonds is 4. The van der Waals surface area contributed by atoms with Gasteiger partial charge in [0.1, 0.15) is 0 Å². The molecule has 0 aromatic heterocycles. The summed E-state index contributed by atoms with van der Waals surface area (Å²) < 4.78 is 12.4. The second kappa shape index (κ2) is 6.65. The van der Waals surface area contributed by atoms with E-state index in [9.17, 15) is 9.00 Å².